The first kappa shape index (κ1) is 13.6. The molecular formula is C13H15BrN4O. The van der Waals surface area contributed by atoms with Crippen LogP contribution in [0.2, 0.25) is 0 Å². The number of aromatic nitrogens is 2. The zero-order valence-electron chi connectivity index (χ0n) is 11.0. The Morgan fingerprint density at radius 1 is 1.37 bits per heavy atom. The molecule has 0 saturated heterocycles. The van der Waals surface area contributed by atoms with Crippen LogP contribution < -0.4 is 11.1 Å². The van der Waals surface area contributed by atoms with Gasteiger partial charge >= 0.3 is 0 Å². The van der Waals surface area contributed by atoms with Crippen LogP contribution in [0.5, 0.6) is 0 Å². The number of hydrogen-bond donors (Lipinski definition) is 2. The Hall–Kier alpha value is -1.82. The predicted octanol–water partition coefficient (Wildman–Crippen LogP) is 2.63. The Balaban J connectivity index is 2.30. The molecule has 0 radical (unpaired) electrons. The van der Waals surface area contributed by atoms with Gasteiger partial charge in [-0.15, -0.1) is 0 Å². The van der Waals surface area contributed by atoms with Crippen molar-refractivity contribution in [1.29, 1.82) is 0 Å². The highest BCUT2D eigenvalue weighted by atomic mass is 79.9. The first-order valence-corrected chi connectivity index (χ1v) is 6.55. The molecule has 1 aromatic heterocycles. The fraction of sp³-hybridized carbons (Fsp3) is 0.231. The molecule has 0 aliphatic rings. The maximum Gasteiger partial charge on any atom is 0.276 e. The van der Waals surface area contributed by atoms with E-state index < -0.39 is 0 Å². The normalized spacial score (nSPS) is 10.5. The van der Waals surface area contributed by atoms with E-state index in [2.05, 4.69) is 26.3 Å². The van der Waals surface area contributed by atoms with Crippen LogP contribution in [0.1, 0.15) is 21.7 Å². The van der Waals surface area contributed by atoms with Crippen LogP contribution in [0, 0.1) is 13.8 Å². The minimum Gasteiger partial charge on any atom is -0.395 e. The smallest absolute Gasteiger partial charge is 0.276 e. The van der Waals surface area contributed by atoms with Crippen LogP contribution in [0.4, 0.5) is 11.4 Å². The highest BCUT2D eigenvalue weighted by molar-refractivity contribution is 9.10. The summed E-state index contributed by atoms with van der Waals surface area (Å²) in [6.45, 7) is 3.73. The minimum atomic E-state index is -0.266. The Labute approximate surface area is 119 Å². The summed E-state index contributed by atoms with van der Waals surface area (Å²) in [6.07, 6.45) is 0. The molecule has 1 heterocycles. The second-order valence-corrected chi connectivity index (χ2v) is 5.36. The van der Waals surface area contributed by atoms with E-state index in [0.29, 0.717) is 17.1 Å². The second kappa shape index (κ2) is 5.05. The van der Waals surface area contributed by atoms with E-state index in [0.717, 1.165) is 15.7 Å². The fourth-order valence-electron chi connectivity index (χ4n) is 1.94. The number of halogens is 1. The molecule has 0 bridgehead atoms. The average molecular weight is 323 g/mol. The van der Waals surface area contributed by atoms with Crippen molar-refractivity contribution < 1.29 is 4.79 Å². The van der Waals surface area contributed by atoms with Gasteiger partial charge in [0, 0.05) is 17.2 Å². The number of aryl methyl sites for hydroxylation is 3. The molecule has 2 rings (SSSR count). The van der Waals surface area contributed by atoms with E-state index in [4.69, 9.17) is 5.73 Å². The van der Waals surface area contributed by atoms with Gasteiger partial charge in [-0.25, -0.2) is 0 Å². The van der Waals surface area contributed by atoms with Crippen molar-refractivity contribution in [1.82, 2.24) is 9.78 Å². The molecule has 0 saturated carbocycles. The zero-order chi connectivity index (χ0) is 14.2. The number of nitrogen functional groups attached to an aromatic ring is 1. The SMILES string of the molecule is Cc1cc(Br)cc(NC(=O)c2c(N)c(C)nn2C)c1. The highest BCUT2D eigenvalue weighted by Crippen LogP contribution is 2.21. The van der Waals surface area contributed by atoms with Gasteiger partial charge in [0.1, 0.15) is 5.69 Å². The van der Waals surface area contributed by atoms with E-state index >= 15 is 0 Å². The summed E-state index contributed by atoms with van der Waals surface area (Å²) in [5.41, 5.74) is 9.07. The summed E-state index contributed by atoms with van der Waals surface area (Å²) in [5.74, 6) is -0.266. The summed E-state index contributed by atoms with van der Waals surface area (Å²) >= 11 is 3.40. The zero-order valence-corrected chi connectivity index (χ0v) is 12.6. The van der Waals surface area contributed by atoms with Crippen molar-refractivity contribution >= 4 is 33.2 Å². The summed E-state index contributed by atoms with van der Waals surface area (Å²) in [4.78, 5) is 12.2. The number of benzene rings is 1. The lowest BCUT2D eigenvalue weighted by atomic mass is 10.2. The molecule has 1 aromatic carbocycles. The number of nitrogens with two attached hydrogens (primary N) is 1. The number of nitrogens with one attached hydrogen (secondary N) is 1. The number of hydrogen-bond acceptors (Lipinski definition) is 3. The molecule has 2 aromatic rings. The topological polar surface area (TPSA) is 72.9 Å². The van der Waals surface area contributed by atoms with Crippen LogP contribution in [-0.2, 0) is 7.05 Å². The molecular weight excluding hydrogens is 308 g/mol. The van der Waals surface area contributed by atoms with E-state index in [1.165, 1.54) is 4.68 Å². The van der Waals surface area contributed by atoms with Crippen molar-refractivity contribution in [2.45, 2.75) is 13.8 Å². The number of nitrogens with zero attached hydrogens (tertiary/aromatic N) is 2. The lowest BCUT2D eigenvalue weighted by molar-refractivity contribution is 0.101. The molecule has 6 heteroatoms. The third kappa shape index (κ3) is 2.78. The van der Waals surface area contributed by atoms with Crippen LogP contribution in [0.25, 0.3) is 0 Å². The Kier molecular flexibility index (Phi) is 3.61. The first-order valence-electron chi connectivity index (χ1n) is 5.76. The first-order chi connectivity index (χ1) is 8.88. The Morgan fingerprint density at radius 2 is 2.05 bits per heavy atom. The van der Waals surface area contributed by atoms with E-state index in [1.807, 2.05) is 25.1 Å². The molecule has 0 spiro atoms. The van der Waals surface area contributed by atoms with Gasteiger partial charge in [-0.05, 0) is 37.6 Å². The van der Waals surface area contributed by atoms with Crippen molar-refractivity contribution in [2.75, 3.05) is 11.1 Å². The van der Waals surface area contributed by atoms with E-state index in [1.54, 1.807) is 14.0 Å². The van der Waals surface area contributed by atoms with Gasteiger partial charge in [0.05, 0.1) is 11.4 Å². The maximum atomic E-state index is 12.2. The van der Waals surface area contributed by atoms with Gasteiger partial charge in [0.2, 0.25) is 0 Å². The monoisotopic (exact) mass is 322 g/mol. The molecule has 19 heavy (non-hydrogen) atoms. The summed E-state index contributed by atoms with van der Waals surface area (Å²) in [6, 6.07) is 5.70. The third-order valence-corrected chi connectivity index (χ3v) is 3.24. The lowest BCUT2D eigenvalue weighted by Gasteiger charge is -2.08. The van der Waals surface area contributed by atoms with Crippen LogP contribution >= 0.6 is 15.9 Å². The molecule has 0 aliphatic heterocycles. The minimum absolute atomic E-state index is 0.266. The molecule has 0 fully saturated rings. The van der Waals surface area contributed by atoms with Crippen LogP contribution in [0.15, 0.2) is 22.7 Å². The molecule has 100 valence electrons. The predicted molar refractivity (Wildman–Crippen MR) is 79.2 cm³/mol. The lowest BCUT2D eigenvalue weighted by Crippen LogP contribution is -2.17. The van der Waals surface area contributed by atoms with Gasteiger partial charge in [-0.1, -0.05) is 15.9 Å². The Bertz CT molecular complexity index is 628. The van der Waals surface area contributed by atoms with Gasteiger partial charge < -0.3 is 11.1 Å². The summed E-state index contributed by atoms with van der Waals surface area (Å²) in [7, 11) is 1.70. The standard InChI is InChI=1S/C13H15BrN4O/c1-7-4-9(14)6-10(5-7)16-13(19)12-11(15)8(2)17-18(12)3/h4-6H,15H2,1-3H3,(H,16,19). The van der Waals surface area contributed by atoms with Crippen molar-refractivity contribution in [3.05, 3.63) is 39.6 Å². The van der Waals surface area contributed by atoms with Crippen molar-refractivity contribution in [3.8, 4) is 0 Å². The van der Waals surface area contributed by atoms with Crippen molar-refractivity contribution in [2.24, 2.45) is 7.05 Å². The van der Waals surface area contributed by atoms with E-state index in [-0.39, 0.29) is 5.91 Å². The third-order valence-electron chi connectivity index (χ3n) is 2.78. The van der Waals surface area contributed by atoms with Crippen molar-refractivity contribution in [3.63, 3.8) is 0 Å². The second-order valence-electron chi connectivity index (χ2n) is 4.44. The molecule has 1 amide bonds. The van der Waals surface area contributed by atoms with Crippen LogP contribution in [0.3, 0.4) is 0 Å². The van der Waals surface area contributed by atoms with Gasteiger partial charge in [-0.3, -0.25) is 9.48 Å². The molecule has 0 aliphatic carbocycles. The van der Waals surface area contributed by atoms with E-state index in [9.17, 15) is 4.79 Å². The van der Waals surface area contributed by atoms with Crippen LogP contribution in [-0.4, -0.2) is 15.7 Å². The van der Waals surface area contributed by atoms with Gasteiger partial charge in [0.25, 0.3) is 5.91 Å². The number of anilines is 2. The molecule has 0 atom stereocenters. The summed E-state index contributed by atoms with van der Waals surface area (Å²) < 4.78 is 2.40. The van der Waals surface area contributed by atoms with Gasteiger partial charge in [-0.2, -0.15) is 5.10 Å². The number of rotatable bonds is 2. The Morgan fingerprint density at radius 3 is 2.58 bits per heavy atom. The molecule has 5 nitrogen and oxygen atoms in total. The number of carbonyl (C=O) groups excluding carboxylic acids is 1. The molecule has 3 N–H and O–H groups in total. The molecule has 0 unspecified atom stereocenters. The quantitative estimate of drug-likeness (QED) is 0.892. The fourth-order valence-corrected chi connectivity index (χ4v) is 2.55. The largest absolute Gasteiger partial charge is 0.395 e. The number of amides is 1. The van der Waals surface area contributed by atoms with Gasteiger partial charge in [0.15, 0.2) is 0 Å². The highest BCUT2D eigenvalue weighted by Gasteiger charge is 2.18. The average Bonchev–Trinajstić information content (AvgIpc) is 2.51. The maximum absolute atomic E-state index is 12.2. The number of carbonyl (C=O) groups is 1. The summed E-state index contributed by atoms with van der Waals surface area (Å²) in [5, 5.41) is 6.96.